The Kier molecular flexibility index (Phi) is 4.72. The predicted molar refractivity (Wildman–Crippen MR) is 95.5 cm³/mol. The van der Waals surface area contributed by atoms with Gasteiger partial charge in [-0.25, -0.2) is 4.79 Å². The molecule has 0 atom stereocenters. The van der Waals surface area contributed by atoms with Crippen LogP contribution in [0.25, 0.3) is 10.7 Å². The second kappa shape index (κ2) is 6.78. The van der Waals surface area contributed by atoms with Crippen LogP contribution in [0.5, 0.6) is 0 Å². The summed E-state index contributed by atoms with van der Waals surface area (Å²) in [4.78, 5) is 24.9. The van der Waals surface area contributed by atoms with E-state index in [1.807, 2.05) is 29.0 Å². The van der Waals surface area contributed by atoms with Crippen LogP contribution in [-0.4, -0.2) is 23.9 Å². The van der Waals surface area contributed by atoms with E-state index >= 15 is 0 Å². The fraction of sp³-hybridized carbons (Fsp3) is 0.333. The van der Waals surface area contributed by atoms with E-state index in [1.54, 1.807) is 18.4 Å². The molecule has 0 aliphatic rings. The molecule has 0 aliphatic heterocycles. The van der Waals surface area contributed by atoms with Gasteiger partial charge in [0, 0.05) is 38.2 Å². The van der Waals surface area contributed by atoms with E-state index < -0.39 is 0 Å². The van der Waals surface area contributed by atoms with Crippen LogP contribution in [0.4, 0.5) is 0 Å². The van der Waals surface area contributed by atoms with Gasteiger partial charge < -0.3 is 4.57 Å². The normalized spacial score (nSPS) is 11.1. The average molecular weight is 363 g/mol. The Morgan fingerprint density at radius 2 is 2.00 bits per heavy atom. The second-order valence-corrected chi connectivity index (χ2v) is 7.08. The first-order valence-corrected chi connectivity index (χ1v) is 9.25. The van der Waals surface area contributed by atoms with Crippen molar-refractivity contribution in [1.29, 1.82) is 0 Å². The molecule has 0 fully saturated rings. The molecule has 0 saturated carbocycles. The lowest BCUT2D eigenvalue weighted by atomic mass is 10.4. The van der Waals surface area contributed by atoms with Crippen LogP contribution in [0.15, 0.2) is 38.3 Å². The van der Waals surface area contributed by atoms with E-state index in [9.17, 15) is 9.59 Å². The summed E-state index contributed by atoms with van der Waals surface area (Å²) in [6.45, 7) is 2.79. The first-order valence-electron chi connectivity index (χ1n) is 7.38. The molecule has 126 valence electrons. The highest BCUT2D eigenvalue weighted by atomic mass is 32.2. The van der Waals surface area contributed by atoms with E-state index in [0.29, 0.717) is 11.4 Å². The highest BCUT2D eigenvalue weighted by Crippen LogP contribution is 2.28. The first-order chi connectivity index (χ1) is 11.5. The van der Waals surface area contributed by atoms with Gasteiger partial charge in [-0.3, -0.25) is 13.9 Å². The minimum Gasteiger partial charge on any atom is -0.302 e. The molecule has 0 saturated heterocycles. The van der Waals surface area contributed by atoms with Crippen LogP contribution in [0, 0.1) is 0 Å². The molecular weight excluding hydrogens is 346 g/mol. The standard InChI is InChI=1S/C15H17N5O2S2/c1-4-20-13(11-6-5-7-23-11)16-17-14(20)24-9-10-8-12(21)19(3)15(22)18(10)2/h5-8H,4,9H2,1-3H3. The number of thioether (sulfide) groups is 1. The van der Waals surface area contributed by atoms with Gasteiger partial charge in [-0.05, 0) is 18.4 Å². The lowest BCUT2D eigenvalue weighted by Gasteiger charge is -2.09. The zero-order valence-electron chi connectivity index (χ0n) is 13.6. The van der Waals surface area contributed by atoms with Crippen LogP contribution in [0.2, 0.25) is 0 Å². The van der Waals surface area contributed by atoms with Crippen LogP contribution in [0.3, 0.4) is 0 Å². The highest BCUT2D eigenvalue weighted by molar-refractivity contribution is 7.98. The Morgan fingerprint density at radius 1 is 1.21 bits per heavy atom. The summed E-state index contributed by atoms with van der Waals surface area (Å²) in [6.07, 6.45) is 0. The fourth-order valence-corrected chi connectivity index (χ4v) is 4.07. The Labute approximate surface area is 146 Å². The third-order valence-electron chi connectivity index (χ3n) is 3.75. The Bertz CT molecular complexity index is 969. The van der Waals surface area contributed by atoms with Crippen molar-refractivity contribution in [1.82, 2.24) is 23.9 Å². The van der Waals surface area contributed by atoms with Crippen molar-refractivity contribution in [3.05, 3.63) is 50.1 Å². The number of hydrogen-bond acceptors (Lipinski definition) is 6. The van der Waals surface area contributed by atoms with Gasteiger partial charge in [0.1, 0.15) is 0 Å². The molecule has 0 unspecified atom stereocenters. The maximum Gasteiger partial charge on any atom is 0.330 e. The molecule has 3 rings (SSSR count). The first kappa shape index (κ1) is 16.7. The summed E-state index contributed by atoms with van der Waals surface area (Å²) in [5.74, 6) is 1.32. The second-order valence-electron chi connectivity index (χ2n) is 5.19. The lowest BCUT2D eigenvalue weighted by molar-refractivity contribution is 0.662. The maximum atomic E-state index is 12.0. The molecular formula is C15H17N5O2S2. The third kappa shape index (κ3) is 2.96. The largest absolute Gasteiger partial charge is 0.330 e. The van der Waals surface area contributed by atoms with Gasteiger partial charge in [0.25, 0.3) is 5.56 Å². The van der Waals surface area contributed by atoms with E-state index in [0.717, 1.165) is 27.0 Å². The van der Waals surface area contributed by atoms with Crippen LogP contribution in [-0.2, 0) is 26.4 Å². The van der Waals surface area contributed by atoms with Crippen molar-refractivity contribution in [2.24, 2.45) is 14.1 Å². The number of nitrogens with zero attached hydrogens (tertiary/aromatic N) is 5. The smallest absolute Gasteiger partial charge is 0.302 e. The summed E-state index contributed by atoms with van der Waals surface area (Å²) in [7, 11) is 3.14. The summed E-state index contributed by atoms with van der Waals surface area (Å²) in [5.41, 5.74) is 0.0377. The Balaban J connectivity index is 1.89. The molecule has 0 N–H and O–H groups in total. The van der Waals surface area contributed by atoms with Gasteiger partial charge in [0.15, 0.2) is 11.0 Å². The molecule has 0 spiro atoms. The zero-order chi connectivity index (χ0) is 17.3. The minimum atomic E-state index is -0.325. The van der Waals surface area contributed by atoms with Gasteiger partial charge in [-0.15, -0.1) is 21.5 Å². The molecule has 7 nitrogen and oxygen atoms in total. The number of rotatable bonds is 5. The molecule has 0 aliphatic carbocycles. The van der Waals surface area contributed by atoms with E-state index in [4.69, 9.17) is 0 Å². The van der Waals surface area contributed by atoms with Gasteiger partial charge in [0.2, 0.25) is 0 Å². The topological polar surface area (TPSA) is 74.7 Å². The van der Waals surface area contributed by atoms with Crippen molar-refractivity contribution in [2.45, 2.75) is 24.4 Å². The van der Waals surface area contributed by atoms with Gasteiger partial charge >= 0.3 is 5.69 Å². The molecule has 0 aromatic carbocycles. The SMILES string of the molecule is CCn1c(SCc2cc(=O)n(C)c(=O)n2C)nnc1-c1cccs1. The molecule has 3 aromatic heterocycles. The highest BCUT2D eigenvalue weighted by Gasteiger charge is 2.15. The third-order valence-corrected chi connectivity index (χ3v) is 5.62. The molecule has 0 radical (unpaired) electrons. The molecule has 0 bridgehead atoms. The fourth-order valence-electron chi connectivity index (χ4n) is 2.32. The monoisotopic (exact) mass is 363 g/mol. The molecule has 0 amide bonds. The number of aromatic nitrogens is 5. The summed E-state index contributed by atoms with van der Waals surface area (Å²) in [5, 5.41) is 11.3. The predicted octanol–water partition coefficient (Wildman–Crippen LogP) is 1.72. The summed E-state index contributed by atoms with van der Waals surface area (Å²) >= 11 is 3.09. The lowest BCUT2D eigenvalue weighted by Crippen LogP contribution is -2.37. The van der Waals surface area contributed by atoms with Gasteiger partial charge in [-0.2, -0.15) is 0 Å². The number of hydrogen-bond donors (Lipinski definition) is 0. The Morgan fingerprint density at radius 3 is 2.67 bits per heavy atom. The van der Waals surface area contributed by atoms with Crippen LogP contribution >= 0.6 is 23.1 Å². The van der Waals surface area contributed by atoms with E-state index in [2.05, 4.69) is 10.2 Å². The van der Waals surface area contributed by atoms with Crippen LogP contribution < -0.4 is 11.2 Å². The summed E-state index contributed by atoms with van der Waals surface area (Å²) in [6, 6.07) is 5.48. The maximum absolute atomic E-state index is 12.0. The molecule has 3 heterocycles. The van der Waals surface area contributed by atoms with E-state index in [1.165, 1.54) is 29.4 Å². The Hall–Kier alpha value is -2.13. The summed E-state index contributed by atoms with van der Waals surface area (Å²) < 4.78 is 4.62. The number of thiophene rings is 1. The van der Waals surface area contributed by atoms with Crippen molar-refractivity contribution >= 4 is 23.1 Å². The van der Waals surface area contributed by atoms with Gasteiger partial charge in [-0.1, -0.05) is 17.8 Å². The zero-order valence-corrected chi connectivity index (χ0v) is 15.2. The van der Waals surface area contributed by atoms with E-state index in [-0.39, 0.29) is 11.2 Å². The average Bonchev–Trinajstić information content (AvgIpc) is 3.23. The van der Waals surface area contributed by atoms with Crippen LogP contribution in [0.1, 0.15) is 12.6 Å². The molecule has 3 aromatic rings. The molecule has 24 heavy (non-hydrogen) atoms. The van der Waals surface area contributed by atoms with Crippen molar-refractivity contribution in [2.75, 3.05) is 0 Å². The van der Waals surface area contributed by atoms with Crippen molar-refractivity contribution < 1.29 is 0 Å². The van der Waals surface area contributed by atoms with Crippen molar-refractivity contribution in [3.8, 4) is 10.7 Å². The van der Waals surface area contributed by atoms with Crippen molar-refractivity contribution in [3.63, 3.8) is 0 Å². The van der Waals surface area contributed by atoms with Gasteiger partial charge in [0.05, 0.1) is 4.88 Å². The molecule has 9 heteroatoms. The quantitative estimate of drug-likeness (QED) is 0.645. The minimum absolute atomic E-state index is 0.301.